The van der Waals surface area contributed by atoms with Gasteiger partial charge in [0.15, 0.2) is 11.6 Å². The van der Waals surface area contributed by atoms with E-state index in [1.54, 1.807) is 30.3 Å². The van der Waals surface area contributed by atoms with Gasteiger partial charge < -0.3 is 26.0 Å². The van der Waals surface area contributed by atoms with Gasteiger partial charge in [-0.3, -0.25) is 9.59 Å². The third-order valence-corrected chi connectivity index (χ3v) is 6.93. The monoisotopic (exact) mass is 551 g/mol. The van der Waals surface area contributed by atoms with Crippen LogP contribution in [0.1, 0.15) is 42.2 Å². The van der Waals surface area contributed by atoms with Crippen LogP contribution in [0, 0.1) is 0 Å². The molecule has 0 amide bonds. The van der Waals surface area contributed by atoms with E-state index >= 15 is 0 Å². The maximum atomic E-state index is 13.4. The molecule has 0 aromatic heterocycles. The number of aromatic carboxylic acids is 1. The van der Waals surface area contributed by atoms with Crippen molar-refractivity contribution in [2.75, 3.05) is 16.4 Å². The molecule has 0 atom stereocenters. The standard InChI is InChI=1S/C27H19N3O7S.Na/c28-24-21(38(35,36)37)13-20(22-23(24)26(32)17-9-5-4-8-16(17)25(22)31)30-15-10-11-19(18(12-15)27(33)34)29-14-6-2-1-3-7-14;/h1-13,29-30H,28H2,(H,33,34)(H,35,36,37);/q;+1/p-1. The SMILES string of the molecule is Nc1c(S(=O)(=O)[O-])cc(Nc2ccc(Nc3ccccc3)c(C(=O)O)c2)c2c1C(=O)c1ccccc1C2=O.[Na+]. The van der Waals surface area contributed by atoms with E-state index in [1.165, 1.54) is 36.4 Å². The first-order chi connectivity index (χ1) is 18.1. The second-order valence-electron chi connectivity index (χ2n) is 8.43. The van der Waals surface area contributed by atoms with Gasteiger partial charge in [0.25, 0.3) is 0 Å². The molecule has 0 unspecified atom stereocenters. The van der Waals surface area contributed by atoms with Crippen molar-refractivity contribution in [2.24, 2.45) is 0 Å². The summed E-state index contributed by atoms with van der Waals surface area (Å²) >= 11 is 0. The Hall–Kier alpha value is -4.00. The van der Waals surface area contributed by atoms with Crippen molar-refractivity contribution in [3.63, 3.8) is 0 Å². The van der Waals surface area contributed by atoms with E-state index in [9.17, 15) is 32.5 Å². The molecule has 12 heteroatoms. The zero-order valence-corrected chi connectivity index (χ0v) is 23.2. The fourth-order valence-electron chi connectivity index (χ4n) is 4.34. The molecule has 5 N–H and O–H groups in total. The summed E-state index contributed by atoms with van der Waals surface area (Å²) in [7, 11) is -5.15. The van der Waals surface area contributed by atoms with Crippen LogP contribution in [0.2, 0.25) is 0 Å². The molecule has 10 nitrogen and oxygen atoms in total. The number of nitrogens with one attached hydrogen (secondary N) is 2. The van der Waals surface area contributed by atoms with E-state index in [1.807, 2.05) is 6.07 Å². The zero-order valence-electron chi connectivity index (χ0n) is 20.4. The average molecular weight is 552 g/mol. The molecule has 0 bridgehead atoms. The molecule has 5 rings (SSSR count). The molecule has 190 valence electrons. The minimum absolute atomic E-state index is 0. The van der Waals surface area contributed by atoms with E-state index in [0.717, 1.165) is 6.07 Å². The summed E-state index contributed by atoms with van der Waals surface area (Å²) < 4.78 is 36.0. The van der Waals surface area contributed by atoms with Crippen LogP contribution in [-0.4, -0.2) is 35.6 Å². The predicted octanol–water partition coefficient (Wildman–Crippen LogP) is 1.14. The number of rotatable bonds is 6. The van der Waals surface area contributed by atoms with Crippen molar-refractivity contribution in [1.82, 2.24) is 0 Å². The number of para-hydroxylation sites is 1. The van der Waals surface area contributed by atoms with E-state index in [2.05, 4.69) is 10.6 Å². The summed E-state index contributed by atoms with van der Waals surface area (Å²) in [6.07, 6.45) is 0. The molecule has 1 aliphatic rings. The second kappa shape index (κ2) is 10.6. The molecule has 0 aliphatic heterocycles. The summed E-state index contributed by atoms with van der Waals surface area (Å²) in [4.78, 5) is 37.8. The molecule has 0 spiro atoms. The van der Waals surface area contributed by atoms with Gasteiger partial charge in [-0.25, -0.2) is 13.2 Å². The summed E-state index contributed by atoms with van der Waals surface area (Å²) in [5.74, 6) is -2.58. The average Bonchev–Trinajstić information content (AvgIpc) is 2.88. The minimum atomic E-state index is -5.15. The summed E-state index contributed by atoms with van der Waals surface area (Å²) in [6.45, 7) is 0. The summed E-state index contributed by atoms with van der Waals surface area (Å²) in [6, 6.07) is 20.0. The Morgan fingerprint density at radius 2 is 1.33 bits per heavy atom. The molecule has 1 aliphatic carbocycles. The van der Waals surface area contributed by atoms with Crippen LogP contribution in [0.15, 0.2) is 83.8 Å². The third-order valence-electron chi connectivity index (χ3n) is 6.05. The number of carboxylic acid groups (broad SMARTS) is 1. The molecule has 39 heavy (non-hydrogen) atoms. The quantitative estimate of drug-likeness (QED) is 0.136. The Kier molecular flexibility index (Phi) is 7.64. The number of benzene rings is 4. The summed E-state index contributed by atoms with van der Waals surface area (Å²) in [5, 5.41) is 15.6. The molecule has 0 radical (unpaired) electrons. The van der Waals surface area contributed by atoms with Crippen molar-refractivity contribution in [3.05, 3.63) is 107 Å². The maximum Gasteiger partial charge on any atom is 1.00 e. The van der Waals surface area contributed by atoms with Crippen molar-refractivity contribution >= 4 is 56.1 Å². The van der Waals surface area contributed by atoms with Crippen LogP contribution in [-0.2, 0) is 10.1 Å². The van der Waals surface area contributed by atoms with Gasteiger partial charge in [0.1, 0.15) is 10.1 Å². The van der Waals surface area contributed by atoms with Crippen LogP contribution in [0.3, 0.4) is 0 Å². The number of hydrogen-bond donors (Lipinski definition) is 4. The number of anilines is 5. The Bertz CT molecular complexity index is 1770. The van der Waals surface area contributed by atoms with Crippen LogP contribution in [0.25, 0.3) is 0 Å². The zero-order chi connectivity index (χ0) is 27.2. The largest absolute Gasteiger partial charge is 1.00 e. The fourth-order valence-corrected chi connectivity index (χ4v) is 4.97. The van der Waals surface area contributed by atoms with Crippen LogP contribution in [0.5, 0.6) is 0 Å². The molecule has 4 aromatic carbocycles. The summed E-state index contributed by atoms with van der Waals surface area (Å²) in [5.41, 5.74) is 5.57. The van der Waals surface area contributed by atoms with Gasteiger partial charge in [-0.1, -0.05) is 42.5 Å². The third kappa shape index (κ3) is 5.18. The van der Waals surface area contributed by atoms with Gasteiger partial charge in [-0.15, -0.1) is 0 Å². The van der Waals surface area contributed by atoms with Crippen LogP contribution >= 0.6 is 0 Å². The molecule has 0 heterocycles. The minimum Gasteiger partial charge on any atom is -0.744 e. The van der Waals surface area contributed by atoms with Crippen molar-refractivity contribution in [2.45, 2.75) is 4.90 Å². The van der Waals surface area contributed by atoms with Gasteiger partial charge in [0, 0.05) is 22.5 Å². The number of ketones is 2. The molecule has 0 fully saturated rings. The number of nitrogen functional groups attached to an aromatic ring is 1. The number of carbonyl (C=O) groups excluding carboxylic acids is 2. The smallest absolute Gasteiger partial charge is 0.744 e. The topological polar surface area (TPSA) is 179 Å². The maximum absolute atomic E-state index is 13.4. The normalized spacial score (nSPS) is 12.1. The molecule has 4 aromatic rings. The van der Waals surface area contributed by atoms with Crippen LogP contribution in [0.4, 0.5) is 28.4 Å². The van der Waals surface area contributed by atoms with Crippen molar-refractivity contribution in [3.8, 4) is 0 Å². The number of nitrogens with two attached hydrogens (primary N) is 1. The van der Waals surface area contributed by atoms with Gasteiger partial charge >= 0.3 is 35.5 Å². The molecular weight excluding hydrogens is 533 g/mol. The molecule has 0 saturated carbocycles. The number of hydrogen-bond acceptors (Lipinski definition) is 9. The Morgan fingerprint density at radius 1 is 0.769 bits per heavy atom. The van der Waals surface area contributed by atoms with Crippen molar-refractivity contribution in [1.29, 1.82) is 0 Å². The first kappa shape index (κ1) is 28.0. The van der Waals surface area contributed by atoms with Gasteiger partial charge in [-0.05, 0) is 36.4 Å². The van der Waals surface area contributed by atoms with Crippen molar-refractivity contribution < 1.29 is 62.0 Å². The number of fused-ring (bicyclic) bond motifs is 2. The Morgan fingerprint density at radius 3 is 1.92 bits per heavy atom. The first-order valence-electron chi connectivity index (χ1n) is 11.1. The first-order valence-corrected chi connectivity index (χ1v) is 12.5. The number of carboxylic acids is 1. The second-order valence-corrected chi connectivity index (χ2v) is 9.77. The Labute approximate surface area is 244 Å². The van der Waals surface area contributed by atoms with Gasteiger partial charge in [0.05, 0.1) is 38.6 Å². The molecular formula is C27H18N3NaO7S. The number of carbonyl (C=O) groups is 3. The van der Waals surface area contributed by atoms with Crippen LogP contribution < -0.4 is 45.9 Å². The van der Waals surface area contributed by atoms with E-state index in [4.69, 9.17) is 5.73 Å². The fraction of sp³-hybridized carbons (Fsp3) is 0. The Balaban J connectivity index is 0.00000353. The van der Waals surface area contributed by atoms with E-state index in [-0.39, 0.29) is 68.9 Å². The van der Waals surface area contributed by atoms with Gasteiger partial charge in [-0.2, -0.15) is 0 Å². The van der Waals surface area contributed by atoms with E-state index in [0.29, 0.717) is 5.69 Å². The predicted molar refractivity (Wildman–Crippen MR) is 139 cm³/mol. The molecule has 0 saturated heterocycles. The van der Waals surface area contributed by atoms with Gasteiger partial charge in [0.2, 0.25) is 0 Å². The van der Waals surface area contributed by atoms with E-state index < -0.39 is 43.8 Å².